The Morgan fingerprint density at radius 3 is 2.30 bits per heavy atom. The summed E-state index contributed by atoms with van der Waals surface area (Å²) in [5, 5.41) is 15.4. The molecule has 0 saturated carbocycles. The van der Waals surface area contributed by atoms with Crippen LogP contribution in [0.2, 0.25) is 0 Å². The lowest BCUT2D eigenvalue weighted by atomic mass is 9.86. The van der Waals surface area contributed by atoms with Gasteiger partial charge < -0.3 is 16.3 Å². The first kappa shape index (κ1) is 19.2. The van der Waals surface area contributed by atoms with Crippen molar-refractivity contribution < 1.29 is 5.21 Å². The third-order valence-corrected chi connectivity index (χ3v) is 4.02. The fourth-order valence-electron chi connectivity index (χ4n) is 2.29. The summed E-state index contributed by atoms with van der Waals surface area (Å²) in [4.78, 5) is 0. The maximum atomic E-state index is 8.73. The average molecular weight is 285 g/mol. The minimum absolute atomic E-state index is 0.229. The highest BCUT2D eigenvalue weighted by Crippen LogP contribution is 2.24. The van der Waals surface area contributed by atoms with Gasteiger partial charge in [-0.2, -0.15) is 0 Å². The Morgan fingerprint density at radius 1 is 1.10 bits per heavy atom. The smallest absolute Gasteiger partial charge is 0.144 e. The second kappa shape index (κ2) is 9.22. The van der Waals surface area contributed by atoms with Crippen molar-refractivity contribution in [2.24, 2.45) is 21.7 Å². The van der Waals surface area contributed by atoms with Crippen LogP contribution in [-0.2, 0) is 0 Å². The van der Waals surface area contributed by atoms with Gasteiger partial charge >= 0.3 is 0 Å². The lowest BCUT2D eigenvalue weighted by molar-refractivity contribution is 0.295. The van der Waals surface area contributed by atoms with E-state index in [0.29, 0.717) is 11.3 Å². The molecule has 0 unspecified atom stereocenters. The van der Waals surface area contributed by atoms with Crippen LogP contribution < -0.4 is 11.1 Å². The minimum atomic E-state index is -0.229. The van der Waals surface area contributed by atoms with Gasteiger partial charge in [-0.05, 0) is 31.2 Å². The van der Waals surface area contributed by atoms with Gasteiger partial charge in [0.15, 0.2) is 0 Å². The Bertz CT molecular complexity index is 285. The number of unbranched alkanes of at least 4 members (excludes halogenated alkanes) is 2. The molecule has 0 aliphatic heterocycles. The number of oxime groups is 1. The van der Waals surface area contributed by atoms with Gasteiger partial charge in [-0.1, -0.05) is 59.0 Å². The highest BCUT2D eigenvalue weighted by molar-refractivity contribution is 5.85. The highest BCUT2D eigenvalue weighted by atomic mass is 16.4. The molecule has 4 heteroatoms. The third kappa shape index (κ3) is 8.41. The predicted molar refractivity (Wildman–Crippen MR) is 87.2 cm³/mol. The molecule has 0 aromatic rings. The highest BCUT2D eigenvalue weighted by Gasteiger charge is 2.23. The maximum Gasteiger partial charge on any atom is 0.144 e. The van der Waals surface area contributed by atoms with Crippen LogP contribution in [0.3, 0.4) is 0 Å². The molecule has 0 aromatic carbocycles. The van der Waals surface area contributed by atoms with E-state index >= 15 is 0 Å². The minimum Gasteiger partial charge on any atom is -0.409 e. The topological polar surface area (TPSA) is 70.6 Å². The van der Waals surface area contributed by atoms with E-state index in [4.69, 9.17) is 10.9 Å². The van der Waals surface area contributed by atoms with Crippen molar-refractivity contribution in [2.75, 3.05) is 13.1 Å². The Labute approximate surface area is 125 Å². The lowest BCUT2D eigenvalue weighted by Crippen LogP contribution is -2.34. The number of nitrogens with two attached hydrogens (primary N) is 1. The second-order valence-corrected chi connectivity index (χ2v) is 7.27. The van der Waals surface area contributed by atoms with E-state index in [-0.39, 0.29) is 5.41 Å². The molecule has 0 spiro atoms. The van der Waals surface area contributed by atoms with E-state index in [1.165, 1.54) is 25.7 Å². The van der Waals surface area contributed by atoms with Gasteiger partial charge in [0.1, 0.15) is 5.84 Å². The zero-order valence-corrected chi connectivity index (χ0v) is 14.1. The van der Waals surface area contributed by atoms with Gasteiger partial charge in [0.2, 0.25) is 0 Å². The zero-order valence-electron chi connectivity index (χ0n) is 14.1. The van der Waals surface area contributed by atoms with Crippen LogP contribution in [0.1, 0.15) is 73.1 Å². The van der Waals surface area contributed by atoms with Gasteiger partial charge in [0, 0.05) is 12.0 Å². The molecule has 0 saturated heterocycles. The molecule has 120 valence electrons. The second-order valence-electron chi connectivity index (χ2n) is 7.27. The first-order valence-corrected chi connectivity index (χ1v) is 7.94. The normalized spacial score (nSPS) is 13.8. The number of amidine groups is 1. The Kier molecular flexibility index (Phi) is 8.86. The van der Waals surface area contributed by atoms with Crippen molar-refractivity contribution in [3.8, 4) is 0 Å². The van der Waals surface area contributed by atoms with Gasteiger partial charge in [0.05, 0.1) is 0 Å². The maximum absolute atomic E-state index is 8.73. The molecule has 0 rings (SSSR count). The third-order valence-electron chi connectivity index (χ3n) is 4.02. The Morgan fingerprint density at radius 2 is 1.75 bits per heavy atom. The lowest BCUT2D eigenvalue weighted by Gasteiger charge is -2.26. The number of hydrogen-bond donors (Lipinski definition) is 3. The number of hydrogen-bond acceptors (Lipinski definition) is 3. The van der Waals surface area contributed by atoms with E-state index in [0.717, 1.165) is 25.9 Å². The van der Waals surface area contributed by atoms with E-state index in [1.54, 1.807) is 0 Å². The first-order valence-electron chi connectivity index (χ1n) is 7.94. The number of nitrogens with zero attached hydrogens (tertiary/aromatic N) is 1. The summed E-state index contributed by atoms with van der Waals surface area (Å²) in [5.74, 6) is 0.317. The molecular weight excluding hydrogens is 250 g/mol. The van der Waals surface area contributed by atoms with Crippen molar-refractivity contribution in [3.05, 3.63) is 0 Å². The van der Waals surface area contributed by atoms with E-state index < -0.39 is 0 Å². The van der Waals surface area contributed by atoms with Crippen molar-refractivity contribution in [2.45, 2.75) is 73.1 Å². The van der Waals surface area contributed by atoms with Gasteiger partial charge in [-0.25, -0.2) is 0 Å². The monoisotopic (exact) mass is 285 g/mol. The molecule has 0 amide bonds. The largest absolute Gasteiger partial charge is 0.409 e. The molecule has 0 aliphatic rings. The molecular formula is C16H35N3O. The summed E-state index contributed by atoms with van der Waals surface area (Å²) in [6, 6.07) is 0. The van der Waals surface area contributed by atoms with Crippen LogP contribution in [0.15, 0.2) is 5.16 Å². The van der Waals surface area contributed by atoms with Gasteiger partial charge in [-0.3, -0.25) is 0 Å². The van der Waals surface area contributed by atoms with Crippen LogP contribution in [0.4, 0.5) is 0 Å². The average Bonchev–Trinajstić information content (AvgIpc) is 2.37. The molecule has 4 nitrogen and oxygen atoms in total. The van der Waals surface area contributed by atoms with Crippen molar-refractivity contribution in [1.29, 1.82) is 0 Å². The van der Waals surface area contributed by atoms with Crippen LogP contribution in [-0.4, -0.2) is 24.1 Å². The summed E-state index contributed by atoms with van der Waals surface area (Å²) in [6.45, 7) is 13.0. The SMILES string of the molecule is CCCCCC(C)(C)CNCCCC(C)(C)C(N)=NO. The first-order chi connectivity index (χ1) is 9.25. The fourth-order valence-corrected chi connectivity index (χ4v) is 2.29. The summed E-state index contributed by atoms with van der Waals surface area (Å²) in [6.07, 6.45) is 7.18. The van der Waals surface area contributed by atoms with Crippen LogP contribution in [0.5, 0.6) is 0 Å². The van der Waals surface area contributed by atoms with Gasteiger partial charge in [-0.15, -0.1) is 0 Å². The van der Waals surface area contributed by atoms with E-state index in [2.05, 4.69) is 31.2 Å². The summed E-state index contributed by atoms with van der Waals surface area (Å²) < 4.78 is 0. The predicted octanol–water partition coefficient (Wildman–Crippen LogP) is 3.74. The summed E-state index contributed by atoms with van der Waals surface area (Å²) in [5.41, 5.74) is 5.82. The van der Waals surface area contributed by atoms with Crippen molar-refractivity contribution >= 4 is 5.84 Å². The summed E-state index contributed by atoms with van der Waals surface area (Å²) in [7, 11) is 0. The number of rotatable bonds is 11. The Balaban J connectivity index is 3.81. The molecule has 4 N–H and O–H groups in total. The molecule has 0 aliphatic carbocycles. The molecule has 0 aromatic heterocycles. The molecule has 20 heavy (non-hydrogen) atoms. The zero-order chi connectivity index (χ0) is 15.6. The summed E-state index contributed by atoms with van der Waals surface area (Å²) >= 11 is 0. The quantitative estimate of drug-likeness (QED) is 0.178. The van der Waals surface area contributed by atoms with E-state index in [1.807, 2.05) is 13.8 Å². The van der Waals surface area contributed by atoms with Crippen molar-refractivity contribution in [3.63, 3.8) is 0 Å². The Hall–Kier alpha value is -0.770. The molecule has 0 heterocycles. The number of nitrogens with one attached hydrogen (secondary N) is 1. The van der Waals surface area contributed by atoms with Crippen LogP contribution in [0.25, 0.3) is 0 Å². The van der Waals surface area contributed by atoms with Gasteiger partial charge in [0.25, 0.3) is 0 Å². The van der Waals surface area contributed by atoms with Crippen LogP contribution in [0, 0.1) is 10.8 Å². The fraction of sp³-hybridized carbons (Fsp3) is 0.938. The van der Waals surface area contributed by atoms with E-state index in [9.17, 15) is 0 Å². The molecule has 0 fully saturated rings. The molecule has 0 radical (unpaired) electrons. The standard InChI is InChI=1S/C16H35N3O/c1-6-7-8-10-15(2,3)13-18-12-9-11-16(4,5)14(17)19-20/h18,20H,6-13H2,1-5H3,(H2,17,19). The molecule has 0 atom stereocenters. The van der Waals surface area contributed by atoms with Crippen molar-refractivity contribution in [1.82, 2.24) is 5.32 Å². The van der Waals surface area contributed by atoms with Crippen LogP contribution >= 0.6 is 0 Å². The molecule has 0 bridgehead atoms.